The highest BCUT2D eigenvalue weighted by Crippen LogP contribution is 2.21. The summed E-state index contributed by atoms with van der Waals surface area (Å²) in [5.41, 5.74) is 1.78. The van der Waals surface area contributed by atoms with E-state index in [4.69, 9.17) is 0 Å². The number of rotatable bonds is 10. The predicted octanol–water partition coefficient (Wildman–Crippen LogP) is 3.72. The van der Waals surface area contributed by atoms with Gasteiger partial charge in [-0.3, -0.25) is 14.4 Å². The maximum absolute atomic E-state index is 14.3. The van der Waals surface area contributed by atoms with E-state index in [-0.39, 0.29) is 23.3 Å². The highest BCUT2D eigenvalue weighted by Gasteiger charge is 2.38. The van der Waals surface area contributed by atoms with Gasteiger partial charge in [-0.05, 0) is 55.3 Å². The minimum absolute atomic E-state index is 0.151. The molecule has 2 atom stereocenters. The number of piperazine rings is 1. The summed E-state index contributed by atoms with van der Waals surface area (Å²) in [5, 5.41) is 8.34. The van der Waals surface area contributed by atoms with Crippen molar-refractivity contribution in [1.82, 2.24) is 20.4 Å². The molecule has 0 spiro atoms. The number of amides is 3. The molecule has 7 heteroatoms. The van der Waals surface area contributed by atoms with Crippen LogP contribution in [0.15, 0.2) is 84.9 Å². The molecule has 3 aromatic carbocycles. The fourth-order valence-corrected chi connectivity index (χ4v) is 5.02. The molecule has 210 valence electrons. The molecule has 0 aromatic heterocycles. The first kappa shape index (κ1) is 29.0. The molecule has 1 heterocycles. The van der Waals surface area contributed by atoms with E-state index in [1.165, 1.54) is 4.90 Å². The number of carbonyl (C=O) groups is 3. The Morgan fingerprint density at radius 2 is 1.75 bits per heavy atom. The van der Waals surface area contributed by atoms with E-state index in [1.807, 2.05) is 73.8 Å². The van der Waals surface area contributed by atoms with Gasteiger partial charge < -0.3 is 20.4 Å². The summed E-state index contributed by atoms with van der Waals surface area (Å²) in [6.45, 7) is 4.90. The normalized spacial score (nSPS) is 16.6. The van der Waals surface area contributed by atoms with Crippen LogP contribution in [0.5, 0.6) is 0 Å². The number of nitrogens with one attached hydrogen (secondary N) is 2. The molecular formula is C33H40N4O3. The number of fused-ring (bicyclic) bond motifs is 1. The average molecular weight is 541 g/mol. The molecule has 1 aliphatic heterocycles. The summed E-state index contributed by atoms with van der Waals surface area (Å²) in [6, 6.07) is 22.5. The largest absolute Gasteiger partial charge is 0.353 e. The van der Waals surface area contributed by atoms with E-state index in [9.17, 15) is 14.4 Å². The SMILES string of the molecule is CNC(C)(C)C/C=C/C(=O)N(C)[C@H](Cc1ccc2ccccc2c1)C(=O)N1CCNC(=O)[C@H]1Cc1ccccc1. The molecule has 0 bridgehead atoms. The average Bonchev–Trinajstić information content (AvgIpc) is 2.96. The second-order valence-electron chi connectivity index (χ2n) is 11.1. The minimum Gasteiger partial charge on any atom is -0.353 e. The molecule has 4 rings (SSSR count). The molecule has 7 nitrogen and oxygen atoms in total. The zero-order valence-corrected chi connectivity index (χ0v) is 23.9. The first-order valence-corrected chi connectivity index (χ1v) is 13.9. The lowest BCUT2D eigenvalue weighted by molar-refractivity contribution is -0.149. The van der Waals surface area contributed by atoms with Gasteiger partial charge >= 0.3 is 0 Å². The Balaban J connectivity index is 1.63. The summed E-state index contributed by atoms with van der Waals surface area (Å²) < 4.78 is 0. The van der Waals surface area contributed by atoms with E-state index in [1.54, 1.807) is 18.0 Å². The van der Waals surface area contributed by atoms with Crippen molar-refractivity contribution in [2.24, 2.45) is 0 Å². The fraction of sp³-hybridized carbons (Fsp3) is 0.364. The Morgan fingerprint density at radius 1 is 1.05 bits per heavy atom. The van der Waals surface area contributed by atoms with Crippen molar-refractivity contribution in [2.75, 3.05) is 27.2 Å². The number of benzene rings is 3. The third-order valence-corrected chi connectivity index (χ3v) is 7.79. The lowest BCUT2D eigenvalue weighted by Gasteiger charge is -2.39. The maximum Gasteiger partial charge on any atom is 0.246 e. The van der Waals surface area contributed by atoms with Crippen molar-refractivity contribution >= 4 is 28.5 Å². The van der Waals surface area contributed by atoms with Crippen LogP contribution in [-0.2, 0) is 27.2 Å². The number of carbonyl (C=O) groups excluding carboxylic acids is 3. The smallest absolute Gasteiger partial charge is 0.246 e. The Morgan fingerprint density at radius 3 is 2.48 bits per heavy atom. The first-order chi connectivity index (χ1) is 19.2. The number of hydrogen-bond acceptors (Lipinski definition) is 4. The number of nitrogens with zero attached hydrogens (tertiary/aromatic N) is 2. The van der Waals surface area contributed by atoms with Crippen molar-refractivity contribution < 1.29 is 14.4 Å². The third-order valence-electron chi connectivity index (χ3n) is 7.79. The predicted molar refractivity (Wildman–Crippen MR) is 160 cm³/mol. The highest BCUT2D eigenvalue weighted by atomic mass is 16.2. The van der Waals surface area contributed by atoms with Crippen LogP contribution in [0.2, 0.25) is 0 Å². The zero-order chi connectivity index (χ0) is 28.7. The second-order valence-corrected chi connectivity index (χ2v) is 11.1. The van der Waals surface area contributed by atoms with E-state index in [0.717, 1.165) is 21.9 Å². The van der Waals surface area contributed by atoms with Crippen LogP contribution >= 0.6 is 0 Å². The monoisotopic (exact) mass is 540 g/mol. The molecule has 0 unspecified atom stereocenters. The van der Waals surface area contributed by atoms with Gasteiger partial charge in [0.15, 0.2) is 0 Å². The Hall–Kier alpha value is -3.97. The topological polar surface area (TPSA) is 81.8 Å². The fourth-order valence-electron chi connectivity index (χ4n) is 5.02. The van der Waals surface area contributed by atoms with E-state index >= 15 is 0 Å². The van der Waals surface area contributed by atoms with Gasteiger partial charge in [0.05, 0.1) is 0 Å². The third kappa shape index (κ3) is 7.16. The molecule has 2 N–H and O–H groups in total. The van der Waals surface area contributed by atoms with Crippen LogP contribution in [0, 0.1) is 0 Å². The number of hydrogen-bond donors (Lipinski definition) is 2. The van der Waals surface area contributed by atoms with Crippen LogP contribution in [0.4, 0.5) is 0 Å². The summed E-state index contributed by atoms with van der Waals surface area (Å²) >= 11 is 0. The highest BCUT2D eigenvalue weighted by molar-refractivity contribution is 5.95. The Labute approximate surface area is 237 Å². The van der Waals surface area contributed by atoms with Gasteiger partial charge in [0.25, 0.3) is 0 Å². The van der Waals surface area contributed by atoms with Gasteiger partial charge in [-0.15, -0.1) is 0 Å². The van der Waals surface area contributed by atoms with Crippen LogP contribution in [0.1, 0.15) is 31.4 Å². The van der Waals surface area contributed by atoms with Crippen LogP contribution in [-0.4, -0.2) is 72.3 Å². The van der Waals surface area contributed by atoms with Crippen molar-refractivity contribution in [1.29, 1.82) is 0 Å². The molecule has 3 aromatic rings. The molecule has 0 radical (unpaired) electrons. The van der Waals surface area contributed by atoms with E-state index in [0.29, 0.717) is 32.4 Å². The van der Waals surface area contributed by atoms with Gasteiger partial charge in [0, 0.05) is 38.5 Å². The van der Waals surface area contributed by atoms with Gasteiger partial charge in [0.1, 0.15) is 12.1 Å². The molecule has 0 aliphatic carbocycles. The van der Waals surface area contributed by atoms with Gasteiger partial charge in [-0.1, -0.05) is 78.9 Å². The Kier molecular flexibility index (Phi) is 9.38. The first-order valence-electron chi connectivity index (χ1n) is 13.9. The standard InChI is InChI=1S/C33H40N4O3/c1-33(2,34-3)18-10-15-30(38)36(4)29(23-25-16-17-26-13-8-9-14-27(26)21-25)32(40)37-20-19-35-31(39)28(37)22-24-11-6-5-7-12-24/h5-17,21,28-29,34H,18-20,22-23H2,1-4H3,(H,35,39)/b15-10+/t28-,29-/m1/s1. The summed E-state index contributed by atoms with van der Waals surface area (Å²) in [4.78, 5) is 43.8. The zero-order valence-electron chi connectivity index (χ0n) is 23.9. The summed E-state index contributed by atoms with van der Waals surface area (Å²) in [6.07, 6.45) is 4.82. The van der Waals surface area contributed by atoms with Crippen molar-refractivity contribution in [3.05, 3.63) is 96.1 Å². The van der Waals surface area contributed by atoms with Crippen molar-refractivity contribution in [3.63, 3.8) is 0 Å². The second kappa shape index (κ2) is 12.9. The van der Waals surface area contributed by atoms with Crippen LogP contribution in [0.3, 0.4) is 0 Å². The maximum atomic E-state index is 14.3. The molecule has 0 saturated carbocycles. The molecular weight excluding hydrogens is 500 g/mol. The molecule has 3 amide bonds. The summed E-state index contributed by atoms with van der Waals surface area (Å²) in [5.74, 6) is -0.632. The van der Waals surface area contributed by atoms with Crippen LogP contribution < -0.4 is 10.6 Å². The van der Waals surface area contributed by atoms with Gasteiger partial charge in [0.2, 0.25) is 17.7 Å². The quantitative estimate of drug-likeness (QED) is 0.384. The van der Waals surface area contributed by atoms with Gasteiger partial charge in [-0.2, -0.15) is 0 Å². The van der Waals surface area contributed by atoms with Crippen molar-refractivity contribution in [2.45, 2.75) is 50.7 Å². The lowest BCUT2D eigenvalue weighted by Crippen LogP contribution is -2.62. The van der Waals surface area contributed by atoms with Gasteiger partial charge in [-0.25, -0.2) is 0 Å². The summed E-state index contributed by atoms with van der Waals surface area (Å²) in [7, 11) is 3.57. The minimum atomic E-state index is -0.764. The molecule has 40 heavy (non-hydrogen) atoms. The van der Waals surface area contributed by atoms with E-state index in [2.05, 4.69) is 36.6 Å². The molecule has 1 fully saturated rings. The Bertz CT molecular complexity index is 1370. The van der Waals surface area contributed by atoms with E-state index < -0.39 is 12.1 Å². The number of likely N-dealkylation sites (N-methyl/N-ethyl adjacent to an activating group) is 1. The van der Waals surface area contributed by atoms with Crippen molar-refractivity contribution in [3.8, 4) is 0 Å². The van der Waals surface area contributed by atoms with Crippen LogP contribution in [0.25, 0.3) is 10.8 Å². The molecule has 1 aliphatic rings. The lowest BCUT2D eigenvalue weighted by atomic mass is 9.97. The molecule has 1 saturated heterocycles.